The van der Waals surface area contributed by atoms with Gasteiger partial charge in [-0.25, -0.2) is 4.39 Å². The lowest BCUT2D eigenvalue weighted by Gasteiger charge is -2.35. The molecule has 1 heterocycles. The molecular weight excluding hydrogens is 325 g/mol. The third-order valence-electron chi connectivity index (χ3n) is 3.56. The first kappa shape index (κ1) is 17.6. The molecule has 0 radical (unpaired) electrons. The molecule has 0 saturated carbocycles. The van der Waals surface area contributed by atoms with Crippen molar-refractivity contribution in [1.82, 2.24) is 13.5 Å². The largest absolute Gasteiger partial charge is 0.484 e. The van der Waals surface area contributed by atoms with Gasteiger partial charge in [-0.15, -0.1) is 0 Å². The van der Waals surface area contributed by atoms with E-state index >= 15 is 0 Å². The molecule has 0 spiro atoms. The first-order valence-electron chi connectivity index (χ1n) is 7.14. The normalized spacial score (nSPS) is 16.6. The van der Waals surface area contributed by atoms with Gasteiger partial charge >= 0.3 is 0 Å². The van der Waals surface area contributed by atoms with Gasteiger partial charge in [-0.1, -0.05) is 0 Å². The molecule has 0 unspecified atom stereocenters. The summed E-state index contributed by atoms with van der Waals surface area (Å²) >= 11 is 0. The number of benzene rings is 1. The number of piperazine rings is 1. The van der Waals surface area contributed by atoms with Crippen LogP contribution in [0.3, 0.4) is 0 Å². The van der Waals surface area contributed by atoms with E-state index < -0.39 is 10.2 Å². The molecule has 2 rings (SSSR count). The monoisotopic (exact) mass is 345 g/mol. The van der Waals surface area contributed by atoms with Crippen LogP contribution in [0.2, 0.25) is 0 Å². The van der Waals surface area contributed by atoms with Crippen molar-refractivity contribution in [2.45, 2.75) is 0 Å². The lowest BCUT2D eigenvalue weighted by Crippen LogP contribution is -2.53. The van der Waals surface area contributed by atoms with E-state index in [1.54, 1.807) is 4.90 Å². The second-order valence-electron chi connectivity index (χ2n) is 5.31. The Morgan fingerprint density at radius 1 is 1.17 bits per heavy atom. The lowest BCUT2D eigenvalue weighted by atomic mass is 10.3. The van der Waals surface area contributed by atoms with E-state index in [-0.39, 0.29) is 31.4 Å². The summed E-state index contributed by atoms with van der Waals surface area (Å²) in [7, 11) is -0.495. The van der Waals surface area contributed by atoms with Gasteiger partial charge in [-0.05, 0) is 24.3 Å². The molecule has 1 aliphatic rings. The number of amides is 1. The predicted molar refractivity (Wildman–Crippen MR) is 82.7 cm³/mol. The van der Waals surface area contributed by atoms with Crippen LogP contribution < -0.4 is 4.74 Å². The van der Waals surface area contributed by atoms with Crippen LogP contribution in [0.15, 0.2) is 24.3 Å². The van der Waals surface area contributed by atoms with E-state index in [1.165, 1.54) is 42.7 Å². The third-order valence-corrected chi connectivity index (χ3v) is 5.50. The smallest absolute Gasteiger partial charge is 0.281 e. The van der Waals surface area contributed by atoms with Crippen LogP contribution in [-0.2, 0) is 15.0 Å². The molecule has 7 nitrogen and oxygen atoms in total. The maximum Gasteiger partial charge on any atom is 0.281 e. The van der Waals surface area contributed by atoms with E-state index in [9.17, 15) is 17.6 Å². The summed E-state index contributed by atoms with van der Waals surface area (Å²) in [5.74, 6) is -0.188. The van der Waals surface area contributed by atoms with E-state index in [2.05, 4.69) is 0 Å². The minimum Gasteiger partial charge on any atom is -0.484 e. The molecule has 0 aromatic heterocycles. The van der Waals surface area contributed by atoms with Crippen LogP contribution in [0.5, 0.6) is 5.75 Å². The van der Waals surface area contributed by atoms with E-state index in [0.717, 1.165) is 4.31 Å². The fraction of sp³-hybridized carbons (Fsp3) is 0.500. The maximum absolute atomic E-state index is 12.8. The van der Waals surface area contributed by atoms with Gasteiger partial charge in [0.1, 0.15) is 11.6 Å². The number of hydrogen-bond donors (Lipinski definition) is 0. The van der Waals surface area contributed by atoms with Gasteiger partial charge in [0.05, 0.1) is 0 Å². The average Bonchev–Trinajstić information content (AvgIpc) is 2.54. The van der Waals surface area contributed by atoms with Crippen molar-refractivity contribution in [2.75, 3.05) is 46.9 Å². The highest BCUT2D eigenvalue weighted by atomic mass is 32.2. The minimum atomic E-state index is -3.45. The van der Waals surface area contributed by atoms with Crippen LogP contribution in [0.1, 0.15) is 0 Å². The zero-order valence-corrected chi connectivity index (χ0v) is 13.9. The highest BCUT2D eigenvalue weighted by molar-refractivity contribution is 7.86. The zero-order valence-electron chi connectivity index (χ0n) is 13.1. The number of nitrogens with zero attached hydrogens (tertiary/aromatic N) is 3. The fourth-order valence-corrected chi connectivity index (χ4v) is 3.25. The zero-order chi connectivity index (χ0) is 17.0. The summed E-state index contributed by atoms with van der Waals surface area (Å²) < 4.78 is 44.6. The maximum atomic E-state index is 12.8. The fourth-order valence-electron chi connectivity index (χ4n) is 2.17. The molecule has 0 N–H and O–H groups in total. The molecule has 23 heavy (non-hydrogen) atoms. The van der Waals surface area contributed by atoms with Gasteiger partial charge in [-0.2, -0.15) is 17.0 Å². The number of carbonyl (C=O) groups is 1. The Morgan fingerprint density at radius 3 is 2.26 bits per heavy atom. The molecule has 1 saturated heterocycles. The molecule has 128 valence electrons. The van der Waals surface area contributed by atoms with Gasteiger partial charge in [0.2, 0.25) is 0 Å². The molecule has 0 aliphatic carbocycles. The van der Waals surface area contributed by atoms with Gasteiger partial charge in [0, 0.05) is 40.3 Å². The SMILES string of the molecule is CN(C)S(=O)(=O)N1CCN(C(=O)COc2ccc(F)cc2)CC1. The molecule has 1 aliphatic heterocycles. The lowest BCUT2D eigenvalue weighted by molar-refractivity contribution is -0.134. The standard InChI is InChI=1S/C14H20FN3O4S/c1-16(2)23(20,21)18-9-7-17(8-10-18)14(19)11-22-13-5-3-12(15)4-6-13/h3-6H,7-11H2,1-2H3. The topological polar surface area (TPSA) is 70.2 Å². The van der Waals surface area contributed by atoms with E-state index in [1.807, 2.05) is 0 Å². The van der Waals surface area contributed by atoms with Crippen molar-refractivity contribution in [3.63, 3.8) is 0 Å². The first-order chi connectivity index (χ1) is 10.8. The van der Waals surface area contributed by atoms with Gasteiger partial charge in [0.25, 0.3) is 16.1 Å². The van der Waals surface area contributed by atoms with Crippen LogP contribution >= 0.6 is 0 Å². The van der Waals surface area contributed by atoms with E-state index in [0.29, 0.717) is 18.8 Å². The Labute approximate surface area is 135 Å². The molecule has 1 amide bonds. The number of rotatable bonds is 5. The molecule has 9 heteroatoms. The van der Waals surface area contributed by atoms with Crippen LogP contribution in [0.4, 0.5) is 4.39 Å². The Hall–Kier alpha value is -1.71. The van der Waals surface area contributed by atoms with Crippen LogP contribution in [0, 0.1) is 5.82 Å². The predicted octanol–water partition coefficient (Wildman–Crippen LogP) is 0.155. The summed E-state index contributed by atoms with van der Waals surface area (Å²) in [4.78, 5) is 13.6. The molecule has 0 bridgehead atoms. The summed E-state index contributed by atoms with van der Waals surface area (Å²) in [6, 6.07) is 5.41. The first-order valence-corrected chi connectivity index (χ1v) is 8.54. The average molecular weight is 345 g/mol. The van der Waals surface area contributed by atoms with Crippen molar-refractivity contribution >= 4 is 16.1 Å². The van der Waals surface area contributed by atoms with Crippen molar-refractivity contribution in [2.24, 2.45) is 0 Å². The quantitative estimate of drug-likeness (QED) is 0.762. The number of hydrogen-bond acceptors (Lipinski definition) is 4. The Balaban J connectivity index is 1.83. The van der Waals surface area contributed by atoms with Crippen molar-refractivity contribution < 1.29 is 22.3 Å². The highest BCUT2D eigenvalue weighted by Crippen LogP contribution is 2.13. The summed E-state index contributed by atoms with van der Waals surface area (Å²) in [5, 5.41) is 0. The van der Waals surface area contributed by atoms with Gasteiger partial charge < -0.3 is 9.64 Å². The Bertz CT molecular complexity index is 640. The minimum absolute atomic E-state index is 0.161. The molecule has 1 aromatic carbocycles. The van der Waals surface area contributed by atoms with Crippen LogP contribution in [-0.4, -0.2) is 74.7 Å². The molecular formula is C14H20FN3O4S. The van der Waals surface area contributed by atoms with Crippen molar-refractivity contribution in [3.05, 3.63) is 30.1 Å². The molecule has 1 fully saturated rings. The third kappa shape index (κ3) is 4.40. The second-order valence-corrected chi connectivity index (χ2v) is 7.45. The Morgan fingerprint density at radius 2 is 1.74 bits per heavy atom. The number of halogens is 1. The van der Waals surface area contributed by atoms with Crippen molar-refractivity contribution in [3.8, 4) is 5.75 Å². The highest BCUT2D eigenvalue weighted by Gasteiger charge is 2.30. The number of carbonyl (C=O) groups excluding carboxylic acids is 1. The summed E-state index contributed by atoms with van der Waals surface area (Å²) in [6.07, 6.45) is 0. The van der Waals surface area contributed by atoms with Gasteiger partial charge in [0.15, 0.2) is 6.61 Å². The summed E-state index contributed by atoms with van der Waals surface area (Å²) in [5.41, 5.74) is 0. The molecule has 1 aromatic rings. The van der Waals surface area contributed by atoms with E-state index in [4.69, 9.17) is 4.74 Å². The Kier molecular flexibility index (Phi) is 5.55. The van der Waals surface area contributed by atoms with Crippen LogP contribution in [0.25, 0.3) is 0 Å². The molecule has 0 atom stereocenters. The summed E-state index contributed by atoms with van der Waals surface area (Å²) in [6.45, 7) is 0.981. The second kappa shape index (κ2) is 7.24. The van der Waals surface area contributed by atoms with Gasteiger partial charge in [-0.3, -0.25) is 4.79 Å². The number of ether oxygens (including phenoxy) is 1. The van der Waals surface area contributed by atoms with Crippen molar-refractivity contribution in [1.29, 1.82) is 0 Å².